The Morgan fingerprint density at radius 1 is 1.41 bits per heavy atom. The van der Waals surface area contributed by atoms with Crippen molar-refractivity contribution in [2.75, 3.05) is 0 Å². The zero-order valence-electron chi connectivity index (χ0n) is 10.1. The van der Waals surface area contributed by atoms with Crippen molar-refractivity contribution in [3.05, 3.63) is 18.0 Å². The van der Waals surface area contributed by atoms with Gasteiger partial charge in [0.15, 0.2) is 5.78 Å². The number of hydrogen-bond donors (Lipinski definition) is 0. The average Bonchev–Trinajstić information content (AvgIpc) is 2.74. The van der Waals surface area contributed by atoms with E-state index in [2.05, 4.69) is 16.9 Å². The Balaban J connectivity index is 1.74. The maximum Gasteiger partial charge on any atom is 0.186 e. The van der Waals surface area contributed by atoms with E-state index in [1.54, 1.807) is 4.68 Å². The second-order valence-corrected chi connectivity index (χ2v) is 6.82. The van der Waals surface area contributed by atoms with E-state index in [0.717, 1.165) is 23.3 Å². The highest BCUT2D eigenvalue weighted by Gasteiger charge is 2.36. The molecule has 2 aliphatic heterocycles. The fourth-order valence-corrected chi connectivity index (χ4v) is 4.87. The number of aromatic nitrogens is 2. The van der Waals surface area contributed by atoms with Gasteiger partial charge in [0.05, 0.1) is 0 Å². The lowest BCUT2D eigenvalue weighted by Gasteiger charge is -2.37. The highest BCUT2D eigenvalue weighted by atomic mass is 32.2. The summed E-state index contributed by atoms with van der Waals surface area (Å²) in [5.74, 6) is 0.490. The monoisotopic (exact) mass is 250 g/mol. The number of Topliss-reactive ketones (excluding diaryl/α,β-unsaturated/α-hetero) is 1. The van der Waals surface area contributed by atoms with E-state index in [4.69, 9.17) is 0 Å². The normalized spacial score (nSPS) is 32.4. The third-order valence-corrected chi connectivity index (χ3v) is 5.49. The van der Waals surface area contributed by atoms with Gasteiger partial charge in [-0.1, -0.05) is 6.42 Å². The molecule has 2 unspecified atom stereocenters. The summed E-state index contributed by atoms with van der Waals surface area (Å²) < 4.78 is 1.71. The Morgan fingerprint density at radius 2 is 2.12 bits per heavy atom. The molecule has 3 rings (SSSR count). The molecule has 3 nitrogen and oxygen atoms in total. The van der Waals surface area contributed by atoms with Gasteiger partial charge in [-0.25, -0.2) is 0 Å². The highest BCUT2D eigenvalue weighted by molar-refractivity contribution is 8.00. The van der Waals surface area contributed by atoms with E-state index >= 15 is 0 Å². The number of thioether (sulfide) groups is 1. The molecule has 1 aromatic rings. The van der Waals surface area contributed by atoms with Crippen molar-refractivity contribution in [1.29, 1.82) is 0 Å². The Hall–Kier alpha value is -0.770. The summed E-state index contributed by atoms with van der Waals surface area (Å²) in [7, 11) is 1.86. The van der Waals surface area contributed by atoms with Crippen molar-refractivity contribution >= 4 is 17.5 Å². The molecule has 0 spiro atoms. The molecule has 4 heteroatoms. The number of rotatable bonds is 2. The van der Waals surface area contributed by atoms with E-state index in [9.17, 15) is 4.79 Å². The number of carbonyl (C=O) groups is 1. The maximum atomic E-state index is 12.4. The molecule has 0 saturated carbocycles. The smallest absolute Gasteiger partial charge is 0.186 e. The first-order valence-corrected chi connectivity index (χ1v) is 7.36. The molecule has 0 aliphatic carbocycles. The van der Waals surface area contributed by atoms with Crippen molar-refractivity contribution in [3.63, 3.8) is 0 Å². The summed E-state index contributed by atoms with van der Waals surface area (Å²) in [4.78, 5) is 12.4. The van der Waals surface area contributed by atoms with Gasteiger partial charge < -0.3 is 0 Å². The lowest BCUT2D eigenvalue weighted by molar-refractivity contribution is 0.0891. The van der Waals surface area contributed by atoms with Gasteiger partial charge in [-0.3, -0.25) is 9.48 Å². The maximum absolute atomic E-state index is 12.4. The Bertz CT molecular complexity index is 417. The Morgan fingerprint density at radius 3 is 2.71 bits per heavy atom. The van der Waals surface area contributed by atoms with E-state index < -0.39 is 0 Å². The van der Waals surface area contributed by atoms with Crippen LogP contribution >= 0.6 is 11.8 Å². The molecule has 2 fully saturated rings. The quantitative estimate of drug-likeness (QED) is 0.757. The van der Waals surface area contributed by atoms with E-state index in [0.29, 0.717) is 5.69 Å². The third kappa shape index (κ3) is 2.28. The molecule has 2 bridgehead atoms. The predicted molar refractivity (Wildman–Crippen MR) is 69.3 cm³/mol. The van der Waals surface area contributed by atoms with Crippen LogP contribution in [0.2, 0.25) is 0 Å². The van der Waals surface area contributed by atoms with Gasteiger partial charge >= 0.3 is 0 Å². The van der Waals surface area contributed by atoms with Crippen LogP contribution in [0, 0.1) is 5.92 Å². The van der Waals surface area contributed by atoms with Crippen LogP contribution in [-0.4, -0.2) is 26.1 Å². The van der Waals surface area contributed by atoms with Gasteiger partial charge in [-0.15, -0.1) is 0 Å². The molecule has 3 heterocycles. The lowest BCUT2D eigenvalue weighted by atomic mass is 9.86. The summed E-state index contributed by atoms with van der Waals surface area (Å²) in [5, 5.41) is 5.68. The van der Waals surface area contributed by atoms with Gasteiger partial charge in [0.25, 0.3) is 0 Å². The van der Waals surface area contributed by atoms with E-state index in [-0.39, 0.29) is 11.7 Å². The standard InChI is InChI=1S/C13H18N2OS/c1-15-6-5-12(14-15)13(16)9-7-10-3-2-4-11(8-9)17-10/h5-6,9-11H,2-4,7-8H2,1H3. The molecule has 1 aromatic heterocycles. The first-order valence-electron chi connectivity index (χ1n) is 6.41. The van der Waals surface area contributed by atoms with Gasteiger partial charge in [-0.2, -0.15) is 16.9 Å². The first-order chi connectivity index (χ1) is 8.22. The first kappa shape index (κ1) is 11.3. The second kappa shape index (κ2) is 4.48. The fourth-order valence-electron chi connectivity index (χ4n) is 3.03. The van der Waals surface area contributed by atoms with Crippen molar-refractivity contribution in [2.24, 2.45) is 13.0 Å². The Labute approximate surface area is 106 Å². The Kier molecular flexibility index (Phi) is 2.99. The largest absolute Gasteiger partial charge is 0.292 e. The van der Waals surface area contributed by atoms with Crippen LogP contribution in [0.4, 0.5) is 0 Å². The zero-order valence-corrected chi connectivity index (χ0v) is 10.9. The zero-order chi connectivity index (χ0) is 11.8. The lowest BCUT2D eigenvalue weighted by Crippen LogP contribution is -2.33. The average molecular weight is 250 g/mol. The van der Waals surface area contributed by atoms with Gasteiger partial charge in [0.2, 0.25) is 0 Å². The molecule has 0 N–H and O–H groups in total. The second-order valence-electron chi connectivity index (χ2n) is 5.22. The van der Waals surface area contributed by atoms with Crippen LogP contribution in [-0.2, 0) is 7.05 Å². The van der Waals surface area contributed by atoms with Crippen LogP contribution in [0.1, 0.15) is 42.6 Å². The molecule has 2 aliphatic rings. The van der Waals surface area contributed by atoms with Crippen molar-refractivity contribution in [1.82, 2.24) is 9.78 Å². The molecule has 2 atom stereocenters. The number of ketones is 1. The third-order valence-electron chi connectivity index (χ3n) is 3.87. The molecule has 0 aromatic carbocycles. The van der Waals surface area contributed by atoms with Gasteiger partial charge in [0.1, 0.15) is 5.69 Å². The van der Waals surface area contributed by atoms with Gasteiger partial charge in [0, 0.05) is 29.7 Å². The number of fused-ring (bicyclic) bond motifs is 2. The van der Waals surface area contributed by atoms with Crippen molar-refractivity contribution in [3.8, 4) is 0 Å². The van der Waals surface area contributed by atoms with Crippen LogP contribution in [0.3, 0.4) is 0 Å². The minimum absolute atomic E-state index is 0.224. The van der Waals surface area contributed by atoms with E-state index in [1.165, 1.54) is 19.3 Å². The highest BCUT2D eigenvalue weighted by Crippen LogP contribution is 2.44. The SMILES string of the molecule is Cn1ccc(C(=O)C2CC3CCCC(C2)S3)n1. The molecule has 92 valence electrons. The minimum atomic E-state index is 0.224. The summed E-state index contributed by atoms with van der Waals surface area (Å²) >= 11 is 2.12. The number of nitrogens with zero attached hydrogens (tertiary/aromatic N) is 2. The number of aryl methyl sites for hydroxylation is 1. The van der Waals surface area contributed by atoms with Gasteiger partial charge in [-0.05, 0) is 31.7 Å². The number of carbonyl (C=O) groups excluding carboxylic acids is 1. The van der Waals surface area contributed by atoms with Crippen LogP contribution in [0.15, 0.2) is 12.3 Å². The molecule has 2 saturated heterocycles. The van der Waals surface area contributed by atoms with Crippen molar-refractivity contribution in [2.45, 2.75) is 42.6 Å². The summed E-state index contributed by atoms with van der Waals surface area (Å²) in [6, 6.07) is 1.85. The topological polar surface area (TPSA) is 34.9 Å². The molecular formula is C13H18N2OS. The predicted octanol–water partition coefficient (Wildman–Crippen LogP) is 2.67. The summed E-state index contributed by atoms with van der Waals surface area (Å²) in [5.41, 5.74) is 0.655. The minimum Gasteiger partial charge on any atom is -0.292 e. The van der Waals surface area contributed by atoms with E-state index in [1.807, 2.05) is 19.3 Å². The molecule has 0 radical (unpaired) electrons. The van der Waals surface area contributed by atoms with Crippen LogP contribution in [0.5, 0.6) is 0 Å². The van der Waals surface area contributed by atoms with Crippen LogP contribution in [0.25, 0.3) is 0 Å². The fraction of sp³-hybridized carbons (Fsp3) is 0.692. The van der Waals surface area contributed by atoms with Crippen LogP contribution < -0.4 is 0 Å². The summed E-state index contributed by atoms with van der Waals surface area (Å²) in [6.45, 7) is 0. The number of hydrogen-bond acceptors (Lipinski definition) is 3. The van der Waals surface area contributed by atoms with Crippen molar-refractivity contribution < 1.29 is 4.79 Å². The molecule has 0 amide bonds. The molecule has 17 heavy (non-hydrogen) atoms. The summed E-state index contributed by atoms with van der Waals surface area (Å²) in [6.07, 6.45) is 7.94. The molecular weight excluding hydrogens is 232 g/mol.